The van der Waals surface area contributed by atoms with Crippen molar-refractivity contribution in [3.8, 4) is 0 Å². The van der Waals surface area contributed by atoms with Gasteiger partial charge in [0.2, 0.25) is 0 Å². The number of ether oxygens (including phenoxy) is 4. The Bertz CT molecular complexity index is 756. The molecule has 2 fully saturated rings. The lowest BCUT2D eigenvalue weighted by molar-refractivity contribution is -0.140. The average molecular weight is 418 g/mol. The molecule has 0 aliphatic carbocycles. The van der Waals surface area contributed by atoms with E-state index in [0.717, 1.165) is 12.8 Å². The summed E-state index contributed by atoms with van der Waals surface area (Å²) in [6.45, 7) is 6.23. The molecule has 0 saturated carbocycles. The monoisotopic (exact) mass is 418 g/mol. The van der Waals surface area contributed by atoms with Gasteiger partial charge in [-0.3, -0.25) is 9.59 Å². The summed E-state index contributed by atoms with van der Waals surface area (Å²) >= 11 is 0. The highest BCUT2D eigenvalue weighted by molar-refractivity contribution is 6.06. The van der Waals surface area contributed by atoms with Crippen LogP contribution in [0.3, 0.4) is 0 Å². The molecule has 1 aromatic rings. The minimum absolute atomic E-state index is 0.00287. The van der Waals surface area contributed by atoms with Gasteiger partial charge in [0.15, 0.2) is 12.6 Å². The van der Waals surface area contributed by atoms with Crippen LogP contribution in [-0.2, 0) is 18.9 Å². The van der Waals surface area contributed by atoms with Gasteiger partial charge in [-0.15, -0.1) is 0 Å². The van der Waals surface area contributed by atoms with Gasteiger partial charge in [0, 0.05) is 11.1 Å². The van der Waals surface area contributed by atoms with Crippen LogP contribution in [0, 0.1) is 10.8 Å². The second-order valence-electron chi connectivity index (χ2n) is 8.11. The van der Waals surface area contributed by atoms with Crippen LogP contribution in [0.15, 0.2) is 12.1 Å². The third-order valence-electron chi connectivity index (χ3n) is 6.07. The molecular weight excluding hydrogens is 392 g/mol. The molecule has 0 atom stereocenters. The molecule has 0 aromatic heterocycles. The van der Waals surface area contributed by atoms with Gasteiger partial charge in [0.25, 0.3) is 0 Å². The Balaban J connectivity index is 1.82. The smallest absolute Gasteiger partial charge is 0.339 e. The van der Waals surface area contributed by atoms with Gasteiger partial charge in [-0.25, -0.2) is 9.59 Å². The number of aldehydes is 2. The number of esters is 2. The van der Waals surface area contributed by atoms with E-state index < -0.39 is 11.9 Å². The van der Waals surface area contributed by atoms with Crippen molar-refractivity contribution in [1.29, 1.82) is 0 Å². The second-order valence-corrected chi connectivity index (χ2v) is 8.11. The molecule has 2 aliphatic heterocycles. The molecule has 0 spiro atoms. The maximum atomic E-state index is 12.8. The van der Waals surface area contributed by atoms with Gasteiger partial charge < -0.3 is 18.9 Å². The van der Waals surface area contributed by atoms with E-state index in [1.807, 2.05) is 13.8 Å². The highest BCUT2D eigenvalue weighted by Gasteiger charge is 2.40. The largest absolute Gasteiger partial charge is 0.461 e. The van der Waals surface area contributed by atoms with Gasteiger partial charge in [0.05, 0.1) is 48.4 Å². The molecule has 2 aliphatic rings. The summed E-state index contributed by atoms with van der Waals surface area (Å²) in [5, 5.41) is 0. The zero-order valence-electron chi connectivity index (χ0n) is 17.2. The molecule has 8 nitrogen and oxygen atoms in total. The first-order chi connectivity index (χ1) is 14.4. The Morgan fingerprint density at radius 3 is 1.43 bits per heavy atom. The quantitative estimate of drug-likeness (QED) is 0.422. The summed E-state index contributed by atoms with van der Waals surface area (Å²) in [5.41, 5.74) is -0.662. The van der Waals surface area contributed by atoms with Crippen molar-refractivity contribution in [1.82, 2.24) is 0 Å². The molecular formula is C22H26O8. The van der Waals surface area contributed by atoms with Gasteiger partial charge in [-0.1, -0.05) is 13.8 Å². The van der Waals surface area contributed by atoms with Crippen LogP contribution >= 0.6 is 0 Å². The first kappa shape index (κ1) is 22.1. The molecule has 1 aromatic carbocycles. The molecule has 0 N–H and O–H groups in total. The first-order valence-corrected chi connectivity index (χ1v) is 9.99. The van der Waals surface area contributed by atoms with Crippen molar-refractivity contribution in [2.45, 2.75) is 26.7 Å². The van der Waals surface area contributed by atoms with Crippen LogP contribution in [0.25, 0.3) is 0 Å². The van der Waals surface area contributed by atoms with Crippen LogP contribution in [0.2, 0.25) is 0 Å². The lowest BCUT2D eigenvalue weighted by Gasteiger charge is -2.40. The molecule has 0 radical (unpaired) electrons. The summed E-state index contributed by atoms with van der Waals surface area (Å²) in [5.74, 6) is -1.50. The van der Waals surface area contributed by atoms with Crippen LogP contribution in [0.1, 0.15) is 68.1 Å². The predicted octanol–water partition coefficient (Wildman–Crippen LogP) is 2.48. The molecule has 2 saturated heterocycles. The summed E-state index contributed by atoms with van der Waals surface area (Å²) in [7, 11) is 0. The van der Waals surface area contributed by atoms with Crippen LogP contribution in [0.5, 0.6) is 0 Å². The van der Waals surface area contributed by atoms with Crippen LogP contribution in [-0.4, -0.2) is 64.2 Å². The minimum Gasteiger partial charge on any atom is -0.461 e. The Hall–Kier alpha value is -2.58. The van der Waals surface area contributed by atoms with E-state index in [0.29, 0.717) is 39.0 Å². The number of hydrogen-bond donors (Lipinski definition) is 0. The van der Waals surface area contributed by atoms with Crippen molar-refractivity contribution >= 4 is 24.5 Å². The average Bonchev–Trinajstić information content (AvgIpc) is 2.71. The molecule has 3 rings (SSSR count). The fraction of sp³-hybridized carbons (Fsp3) is 0.545. The second kappa shape index (κ2) is 9.06. The molecule has 8 heteroatoms. The fourth-order valence-electron chi connectivity index (χ4n) is 3.33. The highest BCUT2D eigenvalue weighted by Crippen LogP contribution is 2.33. The van der Waals surface area contributed by atoms with Crippen molar-refractivity contribution in [2.75, 3.05) is 39.6 Å². The standard InChI is InChI=1S/C22H26O8/c1-3-21(9-27-10-21)13-29-19(25)17-5-15(7-23)16(8-24)6-18(17)20(26)30-14-22(4-2)11-28-12-22/h5-8H,3-4,9-14H2,1-2H3. The zero-order valence-corrected chi connectivity index (χ0v) is 17.2. The normalized spacial score (nSPS) is 18.5. The zero-order chi connectivity index (χ0) is 21.8. The fourth-order valence-corrected chi connectivity index (χ4v) is 3.33. The van der Waals surface area contributed by atoms with E-state index in [-0.39, 0.29) is 46.3 Å². The number of hydrogen-bond acceptors (Lipinski definition) is 8. The topological polar surface area (TPSA) is 105 Å². The maximum Gasteiger partial charge on any atom is 0.339 e. The Kier molecular flexibility index (Phi) is 6.67. The van der Waals surface area contributed by atoms with Crippen molar-refractivity contribution in [3.05, 3.63) is 34.4 Å². The lowest BCUT2D eigenvalue weighted by Crippen LogP contribution is -2.46. The van der Waals surface area contributed by atoms with Crippen LogP contribution < -0.4 is 0 Å². The number of carbonyl (C=O) groups is 4. The van der Waals surface area contributed by atoms with Crippen molar-refractivity contribution < 1.29 is 38.1 Å². The Morgan fingerprint density at radius 2 is 1.20 bits per heavy atom. The maximum absolute atomic E-state index is 12.8. The van der Waals surface area contributed by atoms with Crippen molar-refractivity contribution in [2.24, 2.45) is 10.8 Å². The molecule has 2 heterocycles. The summed E-state index contributed by atoms with van der Waals surface area (Å²) < 4.78 is 21.3. The number of carbonyl (C=O) groups excluding carboxylic acids is 4. The third kappa shape index (κ3) is 4.29. The van der Waals surface area contributed by atoms with E-state index in [9.17, 15) is 19.2 Å². The number of rotatable bonds is 10. The van der Waals surface area contributed by atoms with E-state index in [4.69, 9.17) is 18.9 Å². The first-order valence-electron chi connectivity index (χ1n) is 9.99. The van der Waals surface area contributed by atoms with Gasteiger partial charge in [-0.2, -0.15) is 0 Å². The minimum atomic E-state index is -0.751. The summed E-state index contributed by atoms with van der Waals surface area (Å²) in [6, 6.07) is 2.40. The van der Waals surface area contributed by atoms with Crippen molar-refractivity contribution in [3.63, 3.8) is 0 Å². The predicted molar refractivity (Wildman–Crippen MR) is 105 cm³/mol. The molecule has 30 heavy (non-hydrogen) atoms. The van der Waals surface area contributed by atoms with Gasteiger partial charge in [0.1, 0.15) is 13.2 Å². The lowest BCUT2D eigenvalue weighted by atomic mass is 9.84. The number of benzene rings is 1. The van der Waals surface area contributed by atoms with E-state index in [1.54, 1.807) is 0 Å². The highest BCUT2D eigenvalue weighted by atomic mass is 16.6. The molecule has 162 valence electrons. The molecule has 0 unspecified atom stereocenters. The van der Waals surface area contributed by atoms with E-state index in [1.165, 1.54) is 12.1 Å². The van der Waals surface area contributed by atoms with Gasteiger partial charge >= 0.3 is 11.9 Å². The Morgan fingerprint density at radius 1 is 0.833 bits per heavy atom. The molecule has 0 bridgehead atoms. The third-order valence-corrected chi connectivity index (χ3v) is 6.07. The van der Waals surface area contributed by atoms with E-state index in [2.05, 4.69) is 0 Å². The Labute approximate surface area is 174 Å². The van der Waals surface area contributed by atoms with Gasteiger partial charge in [-0.05, 0) is 25.0 Å². The van der Waals surface area contributed by atoms with E-state index >= 15 is 0 Å². The summed E-state index contributed by atoms with van der Waals surface area (Å²) in [6.07, 6.45) is 2.47. The molecule has 0 amide bonds. The summed E-state index contributed by atoms with van der Waals surface area (Å²) in [4.78, 5) is 48.2. The van der Waals surface area contributed by atoms with Crippen LogP contribution in [0.4, 0.5) is 0 Å². The SMILES string of the molecule is CCC1(COC(=O)c2cc(C=O)c(C=O)cc2C(=O)OCC2(CC)COC2)COC1.